The molecule has 5 heteroatoms. The van der Waals surface area contributed by atoms with Crippen LogP contribution in [0.25, 0.3) is 0 Å². The highest BCUT2D eigenvalue weighted by atomic mass is 16.5. The third-order valence-electron chi connectivity index (χ3n) is 4.71. The minimum Gasteiger partial charge on any atom is -0.490 e. The van der Waals surface area contributed by atoms with Crippen LogP contribution in [0, 0.1) is 6.92 Å². The number of rotatable bonds is 3. The molecule has 2 aliphatic heterocycles. The van der Waals surface area contributed by atoms with Crippen molar-refractivity contribution in [1.82, 2.24) is 10.3 Å². The maximum Gasteiger partial charge on any atom is 0.253 e. The predicted octanol–water partition coefficient (Wildman–Crippen LogP) is 2.68. The summed E-state index contributed by atoms with van der Waals surface area (Å²) < 4.78 is 6.06. The number of hydrogen-bond acceptors (Lipinski definition) is 4. The van der Waals surface area contributed by atoms with E-state index in [1.165, 1.54) is 0 Å². The van der Waals surface area contributed by atoms with Crippen LogP contribution in [-0.2, 0) is 6.54 Å². The van der Waals surface area contributed by atoms with Crippen LogP contribution in [0.2, 0.25) is 0 Å². The van der Waals surface area contributed by atoms with Gasteiger partial charge in [-0.3, -0.25) is 4.79 Å². The summed E-state index contributed by atoms with van der Waals surface area (Å²) in [6, 6.07) is 12.0. The number of nitrogens with one attached hydrogen (secondary N) is 1. The molecule has 5 nitrogen and oxygen atoms in total. The number of piperidine rings is 1. The summed E-state index contributed by atoms with van der Waals surface area (Å²) in [5, 5.41) is 2.84. The Kier molecular flexibility index (Phi) is 3.84. The zero-order valence-corrected chi connectivity index (χ0v) is 13.8. The maximum atomic E-state index is 11.7. The molecule has 0 bridgehead atoms. The van der Waals surface area contributed by atoms with E-state index in [0.717, 1.165) is 54.3 Å². The average molecular weight is 323 g/mol. The number of nitrogens with zero attached hydrogens (tertiary/aromatic N) is 2. The molecule has 1 aromatic heterocycles. The van der Waals surface area contributed by atoms with Crippen molar-refractivity contribution in [1.29, 1.82) is 0 Å². The first kappa shape index (κ1) is 15.0. The number of carbonyl (C=O) groups is 1. The van der Waals surface area contributed by atoms with Gasteiger partial charge in [0.2, 0.25) is 0 Å². The molecule has 0 saturated carbocycles. The highest BCUT2D eigenvalue weighted by Gasteiger charge is 2.26. The van der Waals surface area contributed by atoms with Gasteiger partial charge in [0, 0.05) is 25.9 Å². The van der Waals surface area contributed by atoms with Crippen molar-refractivity contribution in [2.45, 2.75) is 32.4 Å². The van der Waals surface area contributed by atoms with Gasteiger partial charge in [0.1, 0.15) is 17.7 Å². The van der Waals surface area contributed by atoms with Crippen LogP contribution in [0.3, 0.4) is 0 Å². The molecule has 2 aliphatic rings. The first-order valence-corrected chi connectivity index (χ1v) is 8.46. The normalized spacial score (nSPS) is 17.5. The quantitative estimate of drug-likeness (QED) is 0.943. The molecule has 4 rings (SSSR count). The summed E-state index contributed by atoms with van der Waals surface area (Å²) in [4.78, 5) is 18.8. The van der Waals surface area contributed by atoms with Crippen molar-refractivity contribution in [3.05, 3.63) is 53.2 Å². The summed E-state index contributed by atoms with van der Waals surface area (Å²) in [7, 11) is 0. The number of aromatic nitrogens is 1. The fraction of sp³-hybridized carbons (Fsp3) is 0.368. The second kappa shape index (κ2) is 6.15. The number of pyridine rings is 1. The van der Waals surface area contributed by atoms with E-state index in [9.17, 15) is 4.79 Å². The van der Waals surface area contributed by atoms with Crippen molar-refractivity contribution < 1.29 is 9.53 Å². The van der Waals surface area contributed by atoms with E-state index in [1.807, 2.05) is 43.3 Å². The minimum absolute atomic E-state index is 0.0119. The van der Waals surface area contributed by atoms with Crippen LogP contribution in [0.15, 0.2) is 36.4 Å². The van der Waals surface area contributed by atoms with Crippen molar-refractivity contribution in [2.75, 3.05) is 18.0 Å². The molecule has 0 spiro atoms. The molecule has 1 saturated heterocycles. The third-order valence-corrected chi connectivity index (χ3v) is 4.71. The standard InChI is InChI=1S/C19H21N3O2/c1-13-11-16-17(12-20-19(16)23)21-18(13)22-9-7-15(8-10-22)24-14-5-3-2-4-6-14/h2-6,11,15H,7-10,12H2,1H3,(H,20,23). The zero-order chi connectivity index (χ0) is 16.5. The molecule has 3 heterocycles. The Hall–Kier alpha value is -2.56. The molecule has 0 unspecified atom stereocenters. The van der Waals surface area contributed by atoms with Crippen molar-refractivity contribution in [3.63, 3.8) is 0 Å². The van der Waals surface area contributed by atoms with Gasteiger partial charge in [-0.05, 0) is 30.7 Å². The fourth-order valence-electron chi connectivity index (χ4n) is 3.43. The van der Waals surface area contributed by atoms with Crippen LogP contribution in [0.4, 0.5) is 5.82 Å². The topological polar surface area (TPSA) is 54.5 Å². The van der Waals surface area contributed by atoms with E-state index >= 15 is 0 Å². The number of amides is 1. The maximum absolute atomic E-state index is 11.7. The van der Waals surface area contributed by atoms with Gasteiger partial charge in [0.25, 0.3) is 5.91 Å². The lowest BCUT2D eigenvalue weighted by atomic mass is 10.1. The molecule has 1 N–H and O–H groups in total. The lowest BCUT2D eigenvalue weighted by Crippen LogP contribution is -2.39. The molecule has 0 radical (unpaired) electrons. The number of benzene rings is 1. The lowest BCUT2D eigenvalue weighted by Gasteiger charge is -2.34. The number of fused-ring (bicyclic) bond motifs is 1. The molecule has 1 amide bonds. The van der Waals surface area contributed by atoms with E-state index in [4.69, 9.17) is 9.72 Å². The lowest BCUT2D eigenvalue weighted by molar-refractivity contribution is 0.0965. The Labute approximate surface area is 141 Å². The van der Waals surface area contributed by atoms with E-state index < -0.39 is 0 Å². The van der Waals surface area contributed by atoms with Crippen LogP contribution in [0.5, 0.6) is 5.75 Å². The van der Waals surface area contributed by atoms with Crippen LogP contribution >= 0.6 is 0 Å². The molecule has 2 aromatic rings. The Morgan fingerprint density at radius 3 is 2.71 bits per heavy atom. The van der Waals surface area contributed by atoms with Gasteiger partial charge >= 0.3 is 0 Å². The second-order valence-electron chi connectivity index (χ2n) is 6.42. The summed E-state index contributed by atoms with van der Waals surface area (Å²) >= 11 is 0. The Morgan fingerprint density at radius 2 is 1.96 bits per heavy atom. The number of ether oxygens (including phenoxy) is 1. The number of hydrogen-bond donors (Lipinski definition) is 1. The van der Waals surface area contributed by atoms with Crippen LogP contribution < -0.4 is 15.0 Å². The van der Waals surface area contributed by atoms with Gasteiger partial charge < -0.3 is 15.0 Å². The monoisotopic (exact) mass is 323 g/mol. The second-order valence-corrected chi connectivity index (χ2v) is 6.42. The zero-order valence-electron chi connectivity index (χ0n) is 13.8. The molecule has 124 valence electrons. The highest BCUT2D eigenvalue weighted by Crippen LogP contribution is 2.27. The van der Waals surface area contributed by atoms with E-state index in [0.29, 0.717) is 6.54 Å². The largest absolute Gasteiger partial charge is 0.490 e. The molecule has 24 heavy (non-hydrogen) atoms. The number of carbonyl (C=O) groups excluding carboxylic acids is 1. The highest BCUT2D eigenvalue weighted by molar-refractivity contribution is 5.98. The molecule has 0 atom stereocenters. The third kappa shape index (κ3) is 2.82. The van der Waals surface area contributed by atoms with Gasteiger partial charge in [0.05, 0.1) is 17.8 Å². The average Bonchev–Trinajstić information content (AvgIpc) is 2.96. The predicted molar refractivity (Wildman–Crippen MR) is 92.4 cm³/mol. The summed E-state index contributed by atoms with van der Waals surface area (Å²) in [6.45, 7) is 4.41. The SMILES string of the molecule is Cc1cc2c(nc1N1CCC(Oc3ccccc3)CC1)CNC2=O. The summed E-state index contributed by atoms with van der Waals surface area (Å²) in [6.07, 6.45) is 2.20. The summed E-state index contributed by atoms with van der Waals surface area (Å²) in [5.41, 5.74) is 2.65. The molecule has 1 fully saturated rings. The van der Waals surface area contributed by atoms with Crippen molar-refractivity contribution in [3.8, 4) is 5.75 Å². The Bertz CT molecular complexity index is 753. The first-order chi connectivity index (χ1) is 11.7. The fourth-order valence-corrected chi connectivity index (χ4v) is 3.43. The number of aryl methyl sites for hydroxylation is 1. The number of anilines is 1. The molecular formula is C19H21N3O2. The molecule has 1 aromatic carbocycles. The van der Waals surface area contributed by atoms with Crippen LogP contribution in [-0.4, -0.2) is 30.1 Å². The van der Waals surface area contributed by atoms with Gasteiger partial charge in [-0.1, -0.05) is 18.2 Å². The van der Waals surface area contributed by atoms with E-state index in [1.54, 1.807) is 0 Å². The van der Waals surface area contributed by atoms with Crippen molar-refractivity contribution >= 4 is 11.7 Å². The van der Waals surface area contributed by atoms with E-state index in [2.05, 4.69) is 10.2 Å². The number of para-hydroxylation sites is 1. The van der Waals surface area contributed by atoms with Gasteiger partial charge in [-0.25, -0.2) is 4.98 Å². The molecule has 0 aliphatic carbocycles. The minimum atomic E-state index is -0.0119. The van der Waals surface area contributed by atoms with Gasteiger partial charge in [0.15, 0.2) is 0 Å². The Morgan fingerprint density at radius 1 is 1.21 bits per heavy atom. The first-order valence-electron chi connectivity index (χ1n) is 8.46. The summed E-state index contributed by atoms with van der Waals surface area (Å²) in [5.74, 6) is 1.93. The van der Waals surface area contributed by atoms with Crippen molar-refractivity contribution in [2.24, 2.45) is 0 Å². The van der Waals surface area contributed by atoms with Gasteiger partial charge in [-0.2, -0.15) is 0 Å². The smallest absolute Gasteiger partial charge is 0.253 e. The molecular weight excluding hydrogens is 302 g/mol. The van der Waals surface area contributed by atoms with Gasteiger partial charge in [-0.15, -0.1) is 0 Å². The van der Waals surface area contributed by atoms with E-state index in [-0.39, 0.29) is 12.0 Å². The van der Waals surface area contributed by atoms with Crippen LogP contribution in [0.1, 0.15) is 34.5 Å². The Balaban J connectivity index is 1.44.